The summed E-state index contributed by atoms with van der Waals surface area (Å²) < 4.78 is 0. The Labute approximate surface area is 159 Å². The number of nitrogens with zero attached hydrogens (tertiary/aromatic N) is 2. The maximum absolute atomic E-state index is 12.6. The van der Waals surface area contributed by atoms with Crippen LogP contribution in [0.5, 0.6) is 0 Å². The molecule has 0 atom stereocenters. The van der Waals surface area contributed by atoms with Gasteiger partial charge in [0.05, 0.1) is 0 Å². The summed E-state index contributed by atoms with van der Waals surface area (Å²) in [6.07, 6.45) is 1.08. The number of hydrogen-bond acceptors (Lipinski definition) is 2. The van der Waals surface area contributed by atoms with Crippen LogP contribution in [0.3, 0.4) is 0 Å². The maximum atomic E-state index is 12.6. The van der Waals surface area contributed by atoms with E-state index in [4.69, 9.17) is 11.6 Å². The van der Waals surface area contributed by atoms with Crippen LogP contribution in [0.4, 0.5) is 0 Å². The van der Waals surface area contributed by atoms with Crippen molar-refractivity contribution in [1.29, 1.82) is 0 Å². The van der Waals surface area contributed by atoms with E-state index in [0.29, 0.717) is 49.6 Å². The van der Waals surface area contributed by atoms with E-state index in [-0.39, 0.29) is 11.8 Å². The Bertz CT molecular complexity index is 798. The van der Waals surface area contributed by atoms with Crippen molar-refractivity contribution in [2.75, 3.05) is 26.2 Å². The molecule has 136 valence electrons. The third kappa shape index (κ3) is 4.44. The summed E-state index contributed by atoms with van der Waals surface area (Å²) in [6, 6.07) is 15.2. The lowest BCUT2D eigenvalue weighted by molar-refractivity contribution is -0.132. The predicted octanol–water partition coefficient (Wildman–Crippen LogP) is 3.57. The van der Waals surface area contributed by atoms with Gasteiger partial charge in [-0.25, -0.2) is 0 Å². The number of carbonyl (C=O) groups is 2. The molecular weight excluding hydrogens is 348 g/mol. The third-order valence-corrected chi connectivity index (χ3v) is 5.12. The Balaban J connectivity index is 1.51. The summed E-state index contributed by atoms with van der Waals surface area (Å²) in [7, 11) is 0. The van der Waals surface area contributed by atoms with E-state index in [0.717, 1.165) is 11.1 Å². The van der Waals surface area contributed by atoms with Gasteiger partial charge in [0.2, 0.25) is 5.91 Å². The summed E-state index contributed by atoms with van der Waals surface area (Å²) in [5, 5.41) is 0.703. The minimum absolute atomic E-state index is 0.0388. The molecule has 0 bridgehead atoms. The van der Waals surface area contributed by atoms with Crippen molar-refractivity contribution < 1.29 is 9.59 Å². The number of amides is 2. The Hall–Kier alpha value is -2.33. The van der Waals surface area contributed by atoms with Gasteiger partial charge in [-0.05, 0) is 37.1 Å². The van der Waals surface area contributed by atoms with Crippen LogP contribution in [-0.4, -0.2) is 47.8 Å². The van der Waals surface area contributed by atoms with E-state index < -0.39 is 0 Å². The molecule has 1 aliphatic heterocycles. The Morgan fingerprint density at radius 1 is 0.962 bits per heavy atom. The summed E-state index contributed by atoms with van der Waals surface area (Å²) in [5.41, 5.74) is 2.78. The minimum atomic E-state index is 0.0388. The molecule has 2 aromatic rings. The van der Waals surface area contributed by atoms with Gasteiger partial charge in [-0.15, -0.1) is 0 Å². The third-order valence-electron chi connectivity index (χ3n) is 4.75. The smallest absolute Gasteiger partial charge is 0.253 e. The van der Waals surface area contributed by atoms with E-state index in [1.807, 2.05) is 65.3 Å². The number of aryl methyl sites for hydroxylation is 2. The van der Waals surface area contributed by atoms with Crippen molar-refractivity contribution in [3.05, 3.63) is 70.2 Å². The fourth-order valence-corrected chi connectivity index (χ4v) is 3.45. The molecule has 0 saturated carbocycles. The number of carbonyl (C=O) groups excluding carboxylic acids is 2. The number of hydrogen-bond donors (Lipinski definition) is 0. The summed E-state index contributed by atoms with van der Waals surface area (Å²) in [4.78, 5) is 28.7. The van der Waals surface area contributed by atoms with Crippen LogP contribution in [0.25, 0.3) is 0 Å². The highest BCUT2D eigenvalue weighted by Crippen LogP contribution is 2.17. The van der Waals surface area contributed by atoms with Gasteiger partial charge >= 0.3 is 0 Å². The molecule has 26 heavy (non-hydrogen) atoms. The summed E-state index contributed by atoms with van der Waals surface area (Å²) in [6.45, 7) is 4.29. The van der Waals surface area contributed by atoms with Crippen LogP contribution in [0.15, 0.2) is 48.5 Å². The second-order valence-corrected chi connectivity index (χ2v) is 7.04. The van der Waals surface area contributed by atoms with Crippen molar-refractivity contribution in [2.45, 2.75) is 19.8 Å². The van der Waals surface area contributed by atoms with E-state index in [2.05, 4.69) is 0 Å². The van der Waals surface area contributed by atoms with Crippen LogP contribution < -0.4 is 0 Å². The quantitative estimate of drug-likeness (QED) is 0.825. The van der Waals surface area contributed by atoms with Gasteiger partial charge in [0.15, 0.2) is 0 Å². The van der Waals surface area contributed by atoms with E-state index in [1.165, 1.54) is 0 Å². The van der Waals surface area contributed by atoms with Crippen molar-refractivity contribution in [3.8, 4) is 0 Å². The van der Waals surface area contributed by atoms with Gasteiger partial charge in [0, 0.05) is 43.2 Å². The maximum Gasteiger partial charge on any atom is 0.253 e. The Morgan fingerprint density at radius 3 is 2.35 bits per heavy atom. The van der Waals surface area contributed by atoms with Gasteiger partial charge in [-0.3, -0.25) is 9.59 Å². The van der Waals surface area contributed by atoms with Crippen LogP contribution in [0.1, 0.15) is 27.9 Å². The lowest BCUT2D eigenvalue weighted by atomic mass is 10.1. The number of piperazine rings is 1. The van der Waals surface area contributed by atoms with Crippen molar-refractivity contribution in [2.24, 2.45) is 0 Å². The molecule has 5 heteroatoms. The molecule has 1 fully saturated rings. The van der Waals surface area contributed by atoms with Crippen molar-refractivity contribution >= 4 is 23.4 Å². The number of halogens is 1. The molecule has 0 radical (unpaired) electrons. The molecule has 0 aromatic heterocycles. The first-order chi connectivity index (χ1) is 12.5. The second-order valence-electron chi connectivity index (χ2n) is 6.63. The fraction of sp³-hybridized carbons (Fsp3) is 0.333. The monoisotopic (exact) mass is 370 g/mol. The molecular formula is C21H23ClN2O2. The van der Waals surface area contributed by atoms with E-state index in [1.54, 1.807) is 0 Å². The zero-order chi connectivity index (χ0) is 18.5. The molecule has 0 unspecified atom stereocenters. The fourth-order valence-electron chi connectivity index (χ4n) is 3.22. The molecule has 2 amide bonds. The van der Waals surface area contributed by atoms with E-state index >= 15 is 0 Å². The minimum Gasteiger partial charge on any atom is -0.339 e. The van der Waals surface area contributed by atoms with E-state index in [9.17, 15) is 9.59 Å². The lowest BCUT2D eigenvalue weighted by Gasteiger charge is -2.35. The SMILES string of the molecule is Cc1cccc(C(=O)N2CCN(C(=O)CCc3ccccc3Cl)CC2)c1. The largest absolute Gasteiger partial charge is 0.339 e. The van der Waals surface area contributed by atoms with Gasteiger partial charge in [-0.2, -0.15) is 0 Å². The number of benzene rings is 2. The highest BCUT2D eigenvalue weighted by molar-refractivity contribution is 6.31. The predicted molar refractivity (Wildman–Crippen MR) is 103 cm³/mol. The molecule has 0 spiro atoms. The highest BCUT2D eigenvalue weighted by Gasteiger charge is 2.24. The van der Waals surface area contributed by atoms with Crippen LogP contribution in [0, 0.1) is 6.92 Å². The molecule has 2 aromatic carbocycles. The second kappa shape index (κ2) is 8.37. The van der Waals surface area contributed by atoms with Gasteiger partial charge in [-0.1, -0.05) is 47.5 Å². The summed E-state index contributed by atoms with van der Waals surface area (Å²) >= 11 is 6.15. The van der Waals surface area contributed by atoms with Crippen LogP contribution in [-0.2, 0) is 11.2 Å². The molecule has 0 aliphatic carbocycles. The Kier molecular flexibility index (Phi) is 5.94. The molecule has 0 N–H and O–H groups in total. The standard InChI is InChI=1S/C21H23ClN2O2/c1-16-5-4-7-18(15-16)21(26)24-13-11-23(12-14-24)20(25)10-9-17-6-2-3-8-19(17)22/h2-8,15H,9-14H2,1H3. The molecule has 1 heterocycles. The molecule has 1 saturated heterocycles. The topological polar surface area (TPSA) is 40.6 Å². The molecule has 1 aliphatic rings. The van der Waals surface area contributed by atoms with Crippen molar-refractivity contribution in [1.82, 2.24) is 9.80 Å². The van der Waals surface area contributed by atoms with Gasteiger partial charge in [0.25, 0.3) is 5.91 Å². The Morgan fingerprint density at radius 2 is 1.65 bits per heavy atom. The first kappa shape index (κ1) is 18.5. The number of rotatable bonds is 4. The first-order valence-electron chi connectivity index (χ1n) is 8.92. The zero-order valence-corrected chi connectivity index (χ0v) is 15.7. The van der Waals surface area contributed by atoms with Gasteiger partial charge < -0.3 is 9.80 Å². The zero-order valence-electron chi connectivity index (χ0n) is 15.0. The lowest BCUT2D eigenvalue weighted by Crippen LogP contribution is -2.50. The summed E-state index contributed by atoms with van der Waals surface area (Å²) in [5.74, 6) is 0.157. The highest BCUT2D eigenvalue weighted by atomic mass is 35.5. The normalized spacial score (nSPS) is 14.4. The average Bonchev–Trinajstić information content (AvgIpc) is 2.66. The van der Waals surface area contributed by atoms with Crippen LogP contribution in [0.2, 0.25) is 5.02 Å². The van der Waals surface area contributed by atoms with Gasteiger partial charge in [0.1, 0.15) is 0 Å². The molecule has 4 nitrogen and oxygen atoms in total. The molecule has 3 rings (SSSR count). The van der Waals surface area contributed by atoms with Crippen LogP contribution >= 0.6 is 11.6 Å². The first-order valence-corrected chi connectivity index (χ1v) is 9.29. The average molecular weight is 371 g/mol. The van der Waals surface area contributed by atoms with Crippen molar-refractivity contribution in [3.63, 3.8) is 0 Å².